The van der Waals surface area contributed by atoms with Crippen molar-refractivity contribution in [2.45, 2.75) is 25.8 Å². The number of halogens is 2. The Bertz CT molecular complexity index is 374. The molecule has 0 unspecified atom stereocenters. The van der Waals surface area contributed by atoms with Crippen molar-refractivity contribution in [3.05, 3.63) is 34.6 Å². The normalized spacial score (nSPS) is 10.1. The van der Waals surface area contributed by atoms with E-state index >= 15 is 0 Å². The van der Waals surface area contributed by atoms with Gasteiger partial charge < -0.3 is 5.32 Å². The van der Waals surface area contributed by atoms with Crippen LogP contribution in [0.5, 0.6) is 0 Å². The van der Waals surface area contributed by atoms with Crippen molar-refractivity contribution in [2.75, 3.05) is 6.54 Å². The average Bonchev–Trinajstić information content (AvgIpc) is 2.26. The zero-order valence-electron chi connectivity index (χ0n) is 8.97. The van der Waals surface area contributed by atoms with E-state index in [1.807, 2.05) is 0 Å². The molecule has 0 atom stereocenters. The second kappa shape index (κ2) is 7.21. The molecule has 4 heteroatoms. The maximum absolute atomic E-state index is 12.7. The Morgan fingerprint density at radius 2 is 2.19 bits per heavy atom. The maximum Gasteiger partial charge on any atom is 0.124 e. The van der Waals surface area contributed by atoms with Crippen LogP contribution in [0.2, 0.25) is 5.02 Å². The molecule has 0 aliphatic rings. The first-order valence-corrected chi connectivity index (χ1v) is 5.63. The van der Waals surface area contributed by atoms with E-state index in [1.165, 1.54) is 12.1 Å². The number of unbranched alkanes of at least 4 members (excludes halogenated alkanes) is 2. The van der Waals surface area contributed by atoms with Gasteiger partial charge >= 0.3 is 0 Å². The molecule has 1 aromatic rings. The fourth-order valence-corrected chi connectivity index (χ4v) is 1.58. The van der Waals surface area contributed by atoms with E-state index in [4.69, 9.17) is 16.9 Å². The first-order chi connectivity index (χ1) is 7.74. The van der Waals surface area contributed by atoms with Crippen LogP contribution >= 0.6 is 11.6 Å². The number of rotatable bonds is 6. The molecule has 1 N–H and O–H groups in total. The second-order valence-corrected chi connectivity index (χ2v) is 3.93. The van der Waals surface area contributed by atoms with Crippen LogP contribution in [0.1, 0.15) is 24.8 Å². The highest BCUT2D eigenvalue weighted by Gasteiger charge is 2.00. The molecule has 0 fully saturated rings. The minimum atomic E-state index is -0.317. The van der Waals surface area contributed by atoms with E-state index in [-0.39, 0.29) is 5.82 Å². The third kappa shape index (κ3) is 4.61. The first-order valence-electron chi connectivity index (χ1n) is 5.25. The van der Waals surface area contributed by atoms with Crippen LogP contribution < -0.4 is 5.32 Å². The standard InChI is InChI=1S/C12H14ClFN2/c13-12-8-11(14)5-4-10(12)9-16-7-3-1-2-6-15/h4-5,8,16H,1-3,7,9H2. The van der Waals surface area contributed by atoms with Gasteiger partial charge in [0.15, 0.2) is 0 Å². The molecule has 0 amide bonds. The van der Waals surface area contributed by atoms with E-state index in [0.717, 1.165) is 24.9 Å². The fraction of sp³-hybridized carbons (Fsp3) is 0.417. The maximum atomic E-state index is 12.7. The molecule has 16 heavy (non-hydrogen) atoms. The highest BCUT2D eigenvalue weighted by atomic mass is 35.5. The topological polar surface area (TPSA) is 35.8 Å². The molecule has 1 rings (SSSR count). The van der Waals surface area contributed by atoms with Crippen LogP contribution in [0, 0.1) is 17.1 Å². The molecule has 0 aliphatic heterocycles. The van der Waals surface area contributed by atoms with E-state index in [2.05, 4.69) is 11.4 Å². The lowest BCUT2D eigenvalue weighted by atomic mass is 10.2. The lowest BCUT2D eigenvalue weighted by molar-refractivity contribution is 0.617. The highest BCUT2D eigenvalue weighted by Crippen LogP contribution is 2.16. The molecular formula is C12H14ClFN2. The predicted molar refractivity (Wildman–Crippen MR) is 62.6 cm³/mol. The van der Waals surface area contributed by atoms with Gasteiger partial charge in [-0.1, -0.05) is 17.7 Å². The number of nitrogens with one attached hydrogen (secondary N) is 1. The van der Waals surface area contributed by atoms with Crippen LogP contribution in [0.3, 0.4) is 0 Å². The number of nitrogens with zero attached hydrogens (tertiary/aromatic N) is 1. The monoisotopic (exact) mass is 240 g/mol. The van der Waals surface area contributed by atoms with Crippen molar-refractivity contribution in [2.24, 2.45) is 0 Å². The van der Waals surface area contributed by atoms with Gasteiger partial charge in [0.1, 0.15) is 5.82 Å². The minimum absolute atomic E-state index is 0.317. The third-order valence-corrected chi connectivity index (χ3v) is 2.57. The summed E-state index contributed by atoms with van der Waals surface area (Å²) in [5.41, 5.74) is 0.892. The van der Waals surface area contributed by atoms with Crippen LogP contribution in [0.25, 0.3) is 0 Å². The molecule has 0 aliphatic carbocycles. The Hall–Kier alpha value is -1.11. The molecule has 1 aromatic carbocycles. The Labute approximate surface area is 100 Å². The minimum Gasteiger partial charge on any atom is -0.313 e. The lowest BCUT2D eigenvalue weighted by Crippen LogP contribution is -2.14. The van der Waals surface area contributed by atoms with Crippen molar-refractivity contribution < 1.29 is 4.39 Å². The number of benzene rings is 1. The summed E-state index contributed by atoms with van der Waals surface area (Å²) < 4.78 is 12.7. The quantitative estimate of drug-likeness (QED) is 0.775. The molecule has 0 saturated carbocycles. The van der Waals surface area contributed by atoms with Crippen molar-refractivity contribution in [3.63, 3.8) is 0 Å². The molecule has 0 saturated heterocycles. The summed E-state index contributed by atoms with van der Waals surface area (Å²) >= 11 is 5.87. The van der Waals surface area contributed by atoms with Crippen molar-refractivity contribution in [1.29, 1.82) is 5.26 Å². The largest absolute Gasteiger partial charge is 0.313 e. The summed E-state index contributed by atoms with van der Waals surface area (Å²) in [5.74, 6) is -0.317. The summed E-state index contributed by atoms with van der Waals surface area (Å²) in [6.45, 7) is 1.47. The molecule has 0 radical (unpaired) electrons. The molecule has 0 spiro atoms. The van der Waals surface area contributed by atoms with Crippen LogP contribution in [0.4, 0.5) is 4.39 Å². The Balaban J connectivity index is 2.25. The molecule has 0 heterocycles. The van der Waals surface area contributed by atoms with E-state index < -0.39 is 0 Å². The van der Waals surface area contributed by atoms with Crippen molar-refractivity contribution >= 4 is 11.6 Å². The third-order valence-electron chi connectivity index (χ3n) is 2.22. The number of nitriles is 1. The molecule has 0 aromatic heterocycles. The van der Waals surface area contributed by atoms with Crippen LogP contribution in [0.15, 0.2) is 18.2 Å². The van der Waals surface area contributed by atoms with E-state index in [9.17, 15) is 4.39 Å². The Morgan fingerprint density at radius 3 is 2.88 bits per heavy atom. The van der Waals surface area contributed by atoms with Crippen molar-refractivity contribution in [3.8, 4) is 6.07 Å². The SMILES string of the molecule is N#CCCCCNCc1ccc(F)cc1Cl. The van der Waals surface area contributed by atoms with Gasteiger partial charge in [0.25, 0.3) is 0 Å². The summed E-state index contributed by atoms with van der Waals surface area (Å²) in [6, 6.07) is 6.50. The summed E-state index contributed by atoms with van der Waals surface area (Å²) in [6.07, 6.45) is 2.46. The van der Waals surface area contributed by atoms with Crippen molar-refractivity contribution in [1.82, 2.24) is 5.32 Å². The van der Waals surface area contributed by atoms with Gasteiger partial charge in [0, 0.05) is 18.0 Å². The molecule has 2 nitrogen and oxygen atoms in total. The Morgan fingerprint density at radius 1 is 1.38 bits per heavy atom. The van der Waals surface area contributed by atoms with Gasteiger partial charge in [-0.25, -0.2) is 4.39 Å². The van der Waals surface area contributed by atoms with E-state index in [1.54, 1.807) is 6.07 Å². The van der Waals surface area contributed by atoms with Crippen LogP contribution in [-0.4, -0.2) is 6.54 Å². The zero-order chi connectivity index (χ0) is 11.8. The second-order valence-electron chi connectivity index (χ2n) is 3.53. The fourth-order valence-electron chi connectivity index (χ4n) is 1.34. The van der Waals surface area contributed by atoms with Gasteiger partial charge in [0.05, 0.1) is 6.07 Å². The lowest BCUT2D eigenvalue weighted by Gasteiger charge is -2.06. The molecule has 86 valence electrons. The highest BCUT2D eigenvalue weighted by molar-refractivity contribution is 6.31. The van der Waals surface area contributed by atoms with E-state index in [0.29, 0.717) is 18.0 Å². The zero-order valence-corrected chi connectivity index (χ0v) is 9.73. The average molecular weight is 241 g/mol. The predicted octanol–water partition coefficient (Wildman–Crippen LogP) is 3.26. The van der Waals surface area contributed by atoms with Crippen LogP contribution in [-0.2, 0) is 6.54 Å². The number of hydrogen-bond donors (Lipinski definition) is 1. The first kappa shape index (κ1) is 13.0. The van der Waals surface area contributed by atoms with Gasteiger partial charge in [-0.3, -0.25) is 0 Å². The summed E-state index contributed by atoms with van der Waals surface area (Å²) in [5, 5.41) is 12.0. The smallest absolute Gasteiger partial charge is 0.124 e. The summed E-state index contributed by atoms with van der Waals surface area (Å²) in [7, 11) is 0. The Kier molecular flexibility index (Phi) is 5.84. The molecule has 0 bridgehead atoms. The summed E-state index contributed by atoms with van der Waals surface area (Å²) in [4.78, 5) is 0. The van der Waals surface area contributed by atoms with Gasteiger partial charge in [0.2, 0.25) is 0 Å². The van der Waals surface area contributed by atoms with Gasteiger partial charge in [-0.2, -0.15) is 5.26 Å². The molecular weight excluding hydrogens is 227 g/mol. The van der Waals surface area contributed by atoms with Gasteiger partial charge in [-0.15, -0.1) is 0 Å². The number of hydrogen-bond acceptors (Lipinski definition) is 2. The van der Waals surface area contributed by atoms with Gasteiger partial charge in [-0.05, 0) is 37.1 Å².